The Morgan fingerprint density at radius 1 is 0.947 bits per heavy atom. The van der Waals surface area contributed by atoms with Crippen molar-refractivity contribution < 1.29 is 4.74 Å². The molecule has 0 radical (unpaired) electrons. The summed E-state index contributed by atoms with van der Waals surface area (Å²) in [7, 11) is 0. The largest absolute Gasteiger partial charge is 0.457 e. The quantitative estimate of drug-likeness (QED) is 0.811. The molecular weight excluding hydrogens is 258 g/mol. The first kappa shape index (κ1) is 13.9. The second-order valence-electron chi connectivity index (χ2n) is 5.13. The highest BCUT2D eigenvalue weighted by atomic mass is 35.5. The van der Waals surface area contributed by atoms with Gasteiger partial charge in [0, 0.05) is 12.0 Å². The second kappa shape index (κ2) is 6.09. The van der Waals surface area contributed by atoms with Crippen molar-refractivity contribution in [3.63, 3.8) is 0 Å². The summed E-state index contributed by atoms with van der Waals surface area (Å²) in [6.07, 6.45) is 0. The van der Waals surface area contributed by atoms with Gasteiger partial charge in [0.2, 0.25) is 0 Å². The lowest BCUT2D eigenvalue weighted by Crippen LogP contribution is -2.28. The normalized spacial score (nSPS) is 11.3. The van der Waals surface area contributed by atoms with E-state index in [1.54, 1.807) is 0 Å². The third-order valence-corrected chi connectivity index (χ3v) is 3.26. The summed E-state index contributed by atoms with van der Waals surface area (Å²) >= 11 is 5.60. The molecule has 2 rings (SSSR count). The molecule has 1 N–H and O–H groups in total. The van der Waals surface area contributed by atoms with Crippen LogP contribution in [0.1, 0.15) is 19.4 Å². The van der Waals surface area contributed by atoms with E-state index in [9.17, 15) is 0 Å². The first-order valence-corrected chi connectivity index (χ1v) is 6.66. The summed E-state index contributed by atoms with van der Waals surface area (Å²) < 4.78 is 5.76. The molecule has 0 heterocycles. The van der Waals surface area contributed by atoms with Gasteiger partial charge in [-0.1, -0.05) is 44.2 Å². The Bertz CT molecular complexity index is 508. The Labute approximate surface area is 119 Å². The third kappa shape index (κ3) is 3.72. The Kier molecular flexibility index (Phi) is 4.46. The number of rotatable bonds is 5. The summed E-state index contributed by atoms with van der Waals surface area (Å²) in [5, 5.41) is 0. The minimum atomic E-state index is -0.00692. The van der Waals surface area contributed by atoms with Gasteiger partial charge in [0.15, 0.2) is 0 Å². The topological polar surface area (TPSA) is 21.3 Å². The monoisotopic (exact) mass is 275 g/mol. The van der Waals surface area contributed by atoms with E-state index < -0.39 is 0 Å². The van der Waals surface area contributed by atoms with Gasteiger partial charge in [-0.25, -0.2) is 4.84 Å². The minimum Gasteiger partial charge on any atom is -0.457 e. The zero-order chi connectivity index (χ0) is 13.7. The maximum absolute atomic E-state index is 5.76. The van der Waals surface area contributed by atoms with Crippen molar-refractivity contribution in [1.29, 1.82) is 0 Å². The molecule has 0 aliphatic heterocycles. The van der Waals surface area contributed by atoms with Crippen LogP contribution in [0.25, 0.3) is 0 Å². The average Bonchev–Trinajstić information content (AvgIpc) is 2.40. The van der Waals surface area contributed by atoms with Gasteiger partial charge in [-0.3, -0.25) is 0 Å². The maximum Gasteiger partial charge on any atom is 0.127 e. The minimum absolute atomic E-state index is 0.00692. The molecule has 2 aromatic rings. The van der Waals surface area contributed by atoms with E-state index in [-0.39, 0.29) is 5.41 Å². The summed E-state index contributed by atoms with van der Waals surface area (Å²) in [5.74, 6) is 1.68. The molecule has 0 bridgehead atoms. The third-order valence-electron chi connectivity index (χ3n) is 3.12. The highest BCUT2D eigenvalue weighted by molar-refractivity contribution is 6.13. The van der Waals surface area contributed by atoms with Gasteiger partial charge in [0.25, 0.3) is 0 Å². The molecule has 0 fully saturated rings. The zero-order valence-corrected chi connectivity index (χ0v) is 11.9. The highest BCUT2D eigenvalue weighted by Crippen LogP contribution is 2.27. The fourth-order valence-corrected chi connectivity index (χ4v) is 2.20. The van der Waals surface area contributed by atoms with Gasteiger partial charge >= 0.3 is 0 Å². The number of halogens is 1. The Hall–Kier alpha value is -1.51. The molecule has 0 aliphatic carbocycles. The Morgan fingerprint density at radius 2 is 1.53 bits per heavy atom. The van der Waals surface area contributed by atoms with Crippen LogP contribution < -0.4 is 9.57 Å². The fraction of sp³-hybridized carbons (Fsp3) is 0.250. The smallest absolute Gasteiger partial charge is 0.127 e. The lowest BCUT2D eigenvalue weighted by Gasteiger charge is -2.24. The van der Waals surface area contributed by atoms with Crippen LogP contribution in [0.3, 0.4) is 0 Å². The van der Waals surface area contributed by atoms with Crippen molar-refractivity contribution in [1.82, 2.24) is 4.84 Å². The van der Waals surface area contributed by atoms with Gasteiger partial charge in [-0.05, 0) is 41.6 Å². The van der Waals surface area contributed by atoms with Crippen molar-refractivity contribution in [3.05, 3.63) is 60.2 Å². The van der Waals surface area contributed by atoms with E-state index in [2.05, 4.69) is 30.8 Å². The van der Waals surface area contributed by atoms with Crippen molar-refractivity contribution in [2.24, 2.45) is 0 Å². The summed E-state index contributed by atoms with van der Waals surface area (Å²) in [6.45, 7) is 5.01. The van der Waals surface area contributed by atoms with Crippen LogP contribution in [0, 0.1) is 0 Å². The molecule has 2 aromatic carbocycles. The van der Waals surface area contributed by atoms with E-state index in [1.165, 1.54) is 5.56 Å². The number of para-hydroxylation sites is 1. The highest BCUT2D eigenvalue weighted by Gasteiger charge is 2.19. The van der Waals surface area contributed by atoms with E-state index in [4.69, 9.17) is 16.5 Å². The molecule has 0 unspecified atom stereocenters. The molecular formula is C16H18ClNO. The second-order valence-corrected chi connectivity index (χ2v) is 5.40. The van der Waals surface area contributed by atoms with Crippen LogP contribution in [0.15, 0.2) is 54.6 Å². The van der Waals surface area contributed by atoms with Crippen LogP contribution in [0.5, 0.6) is 11.5 Å². The Balaban J connectivity index is 2.11. The molecule has 0 saturated heterocycles. The lowest BCUT2D eigenvalue weighted by atomic mass is 9.85. The number of hydrogen-bond acceptors (Lipinski definition) is 2. The van der Waals surface area contributed by atoms with E-state index in [1.807, 2.05) is 42.5 Å². The first-order valence-electron chi connectivity index (χ1n) is 6.29. The molecule has 0 aliphatic rings. The van der Waals surface area contributed by atoms with Crippen molar-refractivity contribution in [2.45, 2.75) is 19.3 Å². The van der Waals surface area contributed by atoms with Crippen LogP contribution in [0.4, 0.5) is 0 Å². The fourth-order valence-electron chi connectivity index (χ4n) is 1.87. The number of hydrogen-bond donors (Lipinski definition) is 1. The molecule has 2 nitrogen and oxygen atoms in total. The van der Waals surface area contributed by atoms with Crippen molar-refractivity contribution in [3.8, 4) is 11.5 Å². The molecule has 0 atom stereocenters. The predicted molar refractivity (Wildman–Crippen MR) is 79.8 cm³/mol. The standard InChI is InChI=1S/C16H18ClNO/c1-16(2,12-18-17)13-8-10-15(11-9-13)19-14-6-4-3-5-7-14/h3-11,18H,12H2,1-2H3. The van der Waals surface area contributed by atoms with Gasteiger partial charge in [0.05, 0.1) is 0 Å². The number of ether oxygens (including phenoxy) is 1. The van der Waals surface area contributed by atoms with Crippen molar-refractivity contribution in [2.75, 3.05) is 6.54 Å². The Morgan fingerprint density at radius 3 is 2.11 bits per heavy atom. The first-order chi connectivity index (χ1) is 9.12. The number of nitrogens with one attached hydrogen (secondary N) is 1. The van der Waals surface area contributed by atoms with Gasteiger partial charge in [0.1, 0.15) is 11.5 Å². The maximum atomic E-state index is 5.76. The van der Waals surface area contributed by atoms with Crippen molar-refractivity contribution >= 4 is 11.8 Å². The average molecular weight is 276 g/mol. The lowest BCUT2D eigenvalue weighted by molar-refractivity contribution is 0.479. The molecule has 0 spiro atoms. The van der Waals surface area contributed by atoms with Gasteiger partial charge in [-0.2, -0.15) is 0 Å². The number of benzene rings is 2. The predicted octanol–water partition coefficient (Wildman–Crippen LogP) is 4.50. The zero-order valence-electron chi connectivity index (χ0n) is 11.2. The molecule has 3 heteroatoms. The van der Waals surface area contributed by atoms with Crippen LogP contribution >= 0.6 is 11.8 Å². The molecule has 19 heavy (non-hydrogen) atoms. The van der Waals surface area contributed by atoms with E-state index in [0.717, 1.165) is 11.5 Å². The SMILES string of the molecule is CC(C)(CNCl)c1ccc(Oc2ccccc2)cc1. The molecule has 100 valence electrons. The molecule has 0 amide bonds. The van der Waals surface area contributed by atoms with E-state index in [0.29, 0.717) is 6.54 Å². The van der Waals surface area contributed by atoms with Crippen LogP contribution in [-0.4, -0.2) is 6.54 Å². The summed E-state index contributed by atoms with van der Waals surface area (Å²) in [5.41, 5.74) is 1.22. The van der Waals surface area contributed by atoms with Gasteiger partial charge < -0.3 is 4.74 Å². The van der Waals surface area contributed by atoms with Crippen LogP contribution in [0.2, 0.25) is 0 Å². The summed E-state index contributed by atoms with van der Waals surface area (Å²) in [6, 6.07) is 17.9. The van der Waals surface area contributed by atoms with Crippen LogP contribution in [-0.2, 0) is 5.41 Å². The molecule has 0 aromatic heterocycles. The summed E-state index contributed by atoms with van der Waals surface area (Å²) in [4.78, 5) is 2.70. The van der Waals surface area contributed by atoms with E-state index >= 15 is 0 Å². The molecule has 0 saturated carbocycles. The van der Waals surface area contributed by atoms with Gasteiger partial charge in [-0.15, -0.1) is 0 Å².